The van der Waals surface area contributed by atoms with Gasteiger partial charge >= 0.3 is 0 Å². The summed E-state index contributed by atoms with van der Waals surface area (Å²) < 4.78 is 1.91. The quantitative estimate of drug-likeness (QED) is 0.519. The lowest BCUT2D eigenvalue weighted by Crippen LogP contribution is -1.97. The van der Waals surface area contributed by atoms with E-state index in [0.29, 0.717) is 0 Å². The van der Waals surface area contributed by atoms with Crippen LogP contribution < -0.4 is 0 Å². The van der Waals surface area contributed by atoms with Gasteiger partial charge in [0.2, 0.25) is 0 Å². The maximum atomic E-state index is 4.78. The van der Waals surface area contributed by atoms with E-state index >= 15 is 0 Å². The van der Waals surface area contributed by atoms with Crippen molar-refractivity contribution in [1.29, 1.82) is 0 Å². The molecule has 0 atom stereocenters. The molecule has 0 aliphatic heterocycles. The normalized spacial score (nSPS) is 11.2. The van der Waals surface area contributed by atoms with Gasteiger partial charge in [0.1, 0.15) is 0 Å². The Morgan fingerprint density at radius 1 is 0.900 bits per heavy atom. The van der Waals surface area contributed by atoms with E-state index in [2.05, 4.69) is 17.2 Å². The first-order valence-electron chi connectivity index (χ1n) is 6.63. The van der Waals surface area contributed by atoms with Crippen LogP contribution in [0.25, 0.3) is 27.6 Å². The van der Waals surface area contributed by atoms with Gasteiger partial charge < -0.3 is 0 Å². The first-order valence-corrected chi connectivity index (χ1v) is 6.63. The molecule has 96 valence electrons. The van der Waals surface area contributed by atoms with E-state index in [9.17, 15) is 0 Å². The minimum absolute atomic E-state index is 0.910. The topological polar surface area (TPSA) is 30.7 Å². The van der Waals surface area contributed by atoms with Crippen LogP contribution in [0.15, 0.2) is 60.7 Å². The average Bonchev–Trinajstić information content (AvgIpc) is 2.83. The second-order valence-electron chi connectivity index (χ2n) is 4.89. The number of hydrogen-bond acceptors (Lipinski definition) is 2. The molecule has 4 aromatic rings. The molecule has 0 aliphatic rings. The van der Waals surface area contributed by atoms with Gasteiger partial charge in [-0.1, -0.05) is 36.4 Å². The fraction of sp³-hybridized carbons (Fsp3) is 0.0588. The Morgan fingerprint density at radius 2 is 1.65 bits per heavy atom. The number of aromatic nitrogens is 3. The Balaban J connectivity index is 2.10. The summed E-state index contributed by atoms with van der Waals surface area (Å²) >= 11 is 0. The van der Waals surface area contributed by atoms with Crippen LogP contribution in [-0.2, 0) is 0 Å². The van der Waals surface area contributed by atoms with Crippen LogP contribution in [-0.4, -0.2) is 14.8 Å². The standard InChI is InChI=1S/C17H13N3/c1-12-15-11-13-7-5-6-10-16(13)18-17(15)20(19-12)14-8-3-2-4-9-14/h2-11H,1H3. The second-order valence-corrected chi connectivity index (χ2v) is 4.89. The van der Waals surface area contributed by atoms with E-state index in [1.165, 1.54) is 0 Å². The van der Waals surface area contributed by atoms with Crippen molar-refractivity contribution in [3.8, 4) is 5.69 Å². The summed E-state index contributed by atoms with van der Waals surface area (Å²) in [5.74, 6) is 0. The monoisotopic (exact) mass is 259 g/mol. The smallest absolute Gasteiger partial charge is 0.163 e. The zero-order valence-corrected chi connectivity index (χ0v) is 11.1. The van der Waals surface area contributed by atoms with Crippen LogP contribution in [0.3, 0.4) is 0 Å². The summed E-state index contributed by atoms with van der Waals surface area (Å²) in [7, 11) is 0. The predicted octanol–water partition coefficient (Wildman–Crippen LogP) is 3.88. The van der Waals surface area contributed by atoms with Gasteiger partial charge in [-0.2, -0.15) is 5.10 Å². The van der Waals surface area contributed by atoms with E-state index in [0.717, 1.165) is 33.3 Å². The molecule has 2 aromatic carbocycles. The Kier molecular flexibility index (Phi) is 2.33. The SMILES string of the molecule is Cc1nn(-c2ccccc2)c2nc3ccccc3cc12. The molecule has 3 heteroatoms. The highest BCUT2D eigenvalue weighted by Gasteiger charge is 2.11. The summed E-state index contributed by atoms with van der Waals surface area (Å²) in [6.07, 6.45) is 0. The highest BCUT2D eigenvalue weighted by atomic mass is 15.3. The van der Waals surface area contributed by atoms with Crippen LogP contribution >= 0.6 is 0 Å². The van der Waals surface area contributed by atoms with Crippen molar-refractivity contribution >= 4 is 21.9 Å². The van der Waals surface area contributed by atoms with E-state index in [1.807, 2.05) is 60.1 Å². The van der Waals surface area contributed by atoms with Crippen molar-refractivity contribution in [3.05, 3.63) is 66.4 Å². The lowest BCUT2D eigenvalue weighted by molar-refractivity contribution is 0.879. The number of para-hydroxylation sites is 2. The zero-order valence-electron chi connectivity index (χ0n) is 11.1. The maximum Gasteiger partial charge on any atom is 0.163 e. The van der Waals surface area contributed by atoms with Crippen LogP contribution in [0.1, 0.15) is 5.69 Å². The Labute approximate surface area is 116 Å². The molecular weight excluding hydrogens is 246 g/mol. The van der Waals surface area contributed by atoms with Crippen molar-refractivity contribution in [2.24, 2.45) is 0 Å². The van der Waals surface area contributed by atoms with Crippen LogP contribution in [0.5, 0.6) is 0 Å². The summed E-state index contributed by atoms with van der Waals surface area (Å²) in [5, 5.41) is 6.89. The molecule has 0 bridgehead atoms. The molecule has 0 fully saturated rings. The summed E-state index contributed by atoms with van der Waals surface area (Å²) in [5.41, 5.74) is 3.94. The number of hydrogen-bond donors (Lipinski definition) is 0. The highest BCUT2D eigenvalue weighted by molar-refractivity contribution is 5.93. The molecule has 0 saturated carbocycles. The fourth-order valence-electron chi connectivity index (χ4n) is 2.53. The third kappa shape index (κ3) is 1.60. The minimum atomic E-state index is 0.910. The Bertz CT molecular complexity index is 907. The van der Waals surface area contributed by atoms with Gasteiger partial charge in [-0.3, -0.25) is 0 Å². The molecule has 0 amide bonds. The van der Waals surface area contributed by atoms with Gasteiger partial charge in [0.25, 0.3) is 0 Å². The molecule has 0 N–H and O–H groups in total. The first-order chi connectivity index (χ1) is 9.83. The van der Waals surface area contributed by atoms with Crippen molar-refractivity contribution in [3.63, 3.8) is 0 Å². The molecule has 2 heterocycles. The van der Waals surface area contributed by atoms with E-state index < -0.39 is 0 Å². The van der Waals surface area contributed by atoms with Gasteiger partial charge in [-0.15, -0.1) is 0 Å². The lowest BCUT2D eigenvalue weighted by Gasteiger charge is -2.03. The van der Waals surface area contributed by atoms with Crippen molar-refractivity contribution < 1.29 is 0 Å². The van der Waals surface area contributed by atoms with Gasteiger partial charge in [0, 0.05) is 10.8 Å². The summed E-state index contributed by atoms with van der Waals surface area (Å²) in [6.45, 7) is 2.03. The third-order valence-electron chi connectivity index (χ3n) is 3.55. The van der Waals surface area contributed by atoms with Gasteiger partial charge in [-0.25, -0.2) is 9.67 Å². The molecular formula is C17H13N3. The van der Waals surface area contributed by atoms with Crippen LogP contribution in [0, 0.1) is 6.92 Å². The van der Waals surface area contributed by atoms with Gasteiger partial charge in [0.05, 0.1) is 16.9 Å². The van der Waals surface area contributed by atoms with Crippen molar-refractivity contribution in [2.75, 3.05) is 0 Å². The number of aryl methyl sites for hydroxylation is 1. The van der Waals surface area contributed by atoms with Crippen molar-refractivity contribution in [2.45, 2.75) is 6.92 Å². The predicted molar refractivity (Wildman–Crippen MR) is 81.1 cm³/mol. The molecule has 0 unspecified atom stereocenters. The summed E-state index contributed by atoms with van der Waals surface area (Å²) in [6, 6.07) is 20.5. The second kappa shape index (κ2) is 4.17. The molecule has 3 nitrogen and oxygen atoms in total. The molecule has 0 saturated heterocycles. The number of nitrogens with zero attached hydrogens (tertiary/aromatic N) is 3. The van der Waals surface area contributed by atoms with Crippen LogP contribution in [0.4, 0.5) is 0 Å². The van der Waals surface area contributed by atoms with Gasteiger partial charge in [0.15, 0.2) is 5.65 Å². The molecule has 0 aliphatic carbocycles. The molecule has 0 radical (unpaired) electrons. The first kappa shape index (κ1) is 11.2. The number of fused-ring (bicyclic) bond motifs is 2. The average molecular weight is 259 g/mol. The lowest BCUT2D eigenvalue weighted by atomic mass is 10.1. The van der Waals surface area contributed by atoms with E-state index in [-0.39, 0.29) is 0 Å². The summed E-state index contributed by atoms with van der Waals surface area (Å²) in [4.78, 5) is 4.78. The van der Waals surface area contributed by atoms with Crippen molar-refractivity contribution in [1.82, 2.24) is 14.8 Å². The Hall–Kier alpha value is -2.68. The molecule has 4 rings (SSSR count). The largest absolute Gasteiger partial charge is 0.228 e. The zero-order chi connectivity index (χ0) is 13.5. The highest BCUT2D eigenvalue weighted by Crippen LogP contribution is 2.24. The molecule has 2 aromatic heterocycles. The molecule has 20 heavy (non-hydrogen) atoms. The number of pyridine rings is 1. The number of benzene rings is 2. The minimum Gasteiger partial charge on any atom is -0.228 e. The molecule has 0 spiro atoms. The maximum absolute atomic E-state index is 4.78. The third-order valence-corrected chi connectivity index (χ3v) is 3.55. The van der Waals surface area contributed by atoms with E-state index in [4.69, 9.17) is 4.98 Å². The fourth-order valence-corrected chi connectivity index (χ4v) is 2.53. The van der Waals surface area contributed by atoms with E-state index in [1.54, 1.807) is 0 Å². The number of rotatable bonds is 1. The van der Waals surface area contributed by atoms with Gasteiger partial charge in [-0.05, 0) is 31.2 Å². The van der Waals surface area contributed by atoms with Crippen LogP contribution in [0.2, 0.25) is 0 Å². The Morgan fingerprint density at radius 3 is 2.50 bits per heavy atom.